The molecule has 1 aromatic carbocycles. The molecular formula is C15H13ClN2O2S. The van der Waals surface area contributed by atoms with Crippen molar-refractivity contribution in [2.45, 2.75) is 13.3 Å². The summed E-state index contributed by atoms with van der Waals surface area (Å²) in [5, 5.41) is 2.95. The minimum absolute atomic E-state index is 0.173. The van der Waals surface area contributed by atoms with Crippen LogP contribution in [0.4, 0.5) is 0 Å². The van der Waals surface area contributed by atoms with Gasteiger partial charge in [0.2, 0.25) is 11.2 Å². The predicted octanol–water partition coefficient (Wildman–Crippen LogP) is 4.93. The summed E-state index contributed by atoms with van der Waals surface area (Å²) in [5.74, 6) is 1.75. The van der Waals surface area contributed by atoms with Crippen LogP contribution in [0.2, 0.25) is 5.28 Å². The third-order valence-corrected chi connectivity index (χ3v) is 3.76. The minimum atomic E-state index is 0.173. The van der Waals surface area contributed by atoms with Crippen LogP contribution in [0.5, 0.6) is 17.4 Å². The average molecular weight is 321 g/mol. The molecular weight excluding hydrogens is 308 g/mol. The lowest BCUT2D eigenvalue weighted by atomic mass is 10.3. The molecule has 0 atom stereocenters. The van der Waals surface area contributed by atoms with E-state index in [1.54, 1.807) is 0 Å². The lowest BCUT2D eigenvalue weighted by Gasteiger charge is -2.11. The Labute approximate surface area is 131 Å². The van der Waals surface area contributed by atoms with Gasteiger partial charge < -0.3 is 9.47 Å². The molecule has 6 heteroatoms. The number of aromatic nitrogens is 2. The number of fused-ring (bicyclic) bond motifs is 1. The Morgan fingerprint density at radius 1 is 1.14 bits per heavy atom. The summed E-state index contributed by atoms with van der Waals surface area (Å²) in [4.78, 5) is 9.15. The van der Waals surface area contributed by atoms with Crippen LogP contribution >= 0.6 is 22.9 Å². The van der Waals surface area contributed by atoms with Crippen LogP contribution in [0.25, 0.3) is 10.2 Å². The van der Waals surface area contributed by atoms with E-state index in [0.29, 0.717) is 24.0 Å². The second-order valence-corrected chi connectivity index (χ2v) is 5.57. The van der Waals surface area contributed by atoms with Gasteiger partial charge in [-0.15, -0.1) is 11.3 Å². The molecule has 0 radical (unpaired) electrons. The number of ether oxygens (including phenoxy) is 2. The maximum atomic E-state index is 5.94. The van der Waals surface area contributed by atoms with E-state index in [1.807, 2.05) is 35.7 Å². The van der Waals surface area contributed by atoms with Crippen molar-refractivity contribution in [3.05, 3.63) is 41.0 Å². The molecule has 2 aromatic heterocycles. The van der Waals surface area contributed by atoms with Gasteiger partial charge in [0.05, 0.1) is 12.0 Å². The van der Waals surface area contributed by atoms with Gasteiger partial charge in [0.25, 0.3) is 0 Å². The van der Waals surface area contributed by atoms with Gasteiger partial charge in [-0.2, -0.15) is 4.98 Å². The lowest BCUT2D eigenvalue weighted by molar-refractivity contribution is 0.301. The Hall–Kier alpha value is -1.85. The molecule has 0 fully saturated rings. The largest absolute Gasteiger partial charge is 0.490 e. The second kappa shape index (κ2) is 6.28. The number of rotatable bonds is 5. The second-order valence-electron chi connectivity index (χ2n) is 4.33. The fourth-order valence-electron chi connectivity index (χ4n) is 1.85. The Balaban J connectivity index is 1.97. The van der Waals surface area contributed by atoms with Crippen molar-refractivity contribution in [3.63, 3.8) is 0 Å². The van der Waals surface area contributed by atoms with Gasteiger partial charge >= 0.3 is 0 Å². The SMILES string of the molecule is CCCOc1ccccc1Oc1nc(Cl)nc2sccc12. The Morgan fingerprint density at radius 3 is 2.76 bits per heavy atom. The monoisotopic (exact) mass is 320 g/mol. The van der Waals surface area contributed by atoms with E-state index >= 15 is 0 Å². The van der Waals surface area contributed by atoms with E-state index in [0.717, 1.165) is 16.6 Å². The molecule has 3 rings (SSSR count). The highest BCUT2D eigenvalue weighted by molar-refractivity contribution is 7.16. The molecule has 0 aliphatic heterocycles. The fraction of sp³-hybridized carbons (Fsp3) is 0.200. The number of nitrogens with zero attached hydrogens (tertiary/aromatic N) is 2. The van der Waals surface area contributed by atoms with Crippen LogP contribution in [0.15, 0.2) is 35.7 Å². The van der Waals surface area contributed by atoms with Crippen LogP contribution < -0.4 is 9.47 Å². The van der Waals surface area contributed by atoms with E-state index in [4.69, 9.17) is 21.1 Å². The maximum absolute atomic E-state index is 5.94. The molecule has 0 amide bonds. The summed E-state index contributed by atoms with van der Waals surface area (Å²) < 4.78 is 11.6. The number of para-hydroxylation sites is 2. The molecule has 4 nitrogen and oxygen atoms in total. The summed E-state index contributed by atoms with van der Waals surface area (Å²) in [5.41, 5.74) is 0. The molecule has 0 spiro atoms. The van der Waals surface area contributed by atoms with E-state index in [9.17, 15) is 0 Å². The molecule has 2 heterocycles. The maximum Gasteiger partial charge on any atom is 0.232 e. The lowest BCUT2D eigenvalue weighted by Crippen LogP contribution is -1.98. The first-order chi connectivity index (χ1) is 10.3. The number of halogens is 1. The molecule has 0 aliphatic rings. The Bertz CT molecular complexity index is 760. The van der Waals surface area contributed by atoms with Crippen molar-refractivity contribution in [2.75, 3.05) is 6.61 Å². The summed E-state index contributed by atoms with van der Waals surface area (Å²) in [6, 6.07) is 9.44. The van der Waals surface area contributed by atoms with Crippen molar-refractivity contribution in [3.8, 4) is 17.4 Å². The number of hydrogen-bond donors (Lipinski definition) is 0. The van der Waals surface area contributed by atoms with E-state index < -0.39 is 0 Å². The minimum Gasteiger partial charge on any atom is -0.490 e. The number of thiophene rings is 1. The van der Waals surface area contributed by atoms with Crippen LogP contribution in [0.3, 0.4) is 0 Å². The van der Waals surface area contributed by atoms with Crippen LogP contribution in [0.1, 0.15) is 13.3 Å². The smallest absolute Gasteiger partial charge is 0.232 e. The van der Waals surface area contributed by atoms with Crippen LogP contribution in [-0.2, 0) is 0 Å². The number of hydrogen-bond acceptors (Lipinski definition) is 5. The summed E-state index contributed by atoms with van der Waals surface area (Å²) >= 11 is 7.44. The molecule has 0 saturated heterocycles. The van der Waals surface area contributed by atoms with Crippen molar-refractivity contribution < 1.29 is 9.47 Å². The van der Waals surface area contributed by atoms with Crippen LogP contribution in [-0.4, -0.2) is 16.6 Å². The molecule has 0 saturated carbocycles. The van der Waals surface area contributed by atoms with Crippen molar-refractivity contribution >= 4 is 33.2 Å². The highest BCUT2D eigenvalue weighted by atomic mass is 35.5. The van der Waals surface area contributed by atoms with Crippen molar-refractivity contribution in [1.82, 2.24) is 9.97 Å². The quantitative estimate of drug-likeness (QED) is 0.625. The predicted molar refractivity (Wildman–Crippen MR) is 84.7 cm³/mol. The van der Waals surface area contributed by atoms with E-state index in [-0.39, 0.29) is 5.28 Å². The zero-order chi connectivity index (χ0) is 14.7. The summed E-state index contributed by atoms with van der Waals surface area (Å²) in [6.45, 7) is 2.70. The molecule has 108 valence electrons. The molecule has 0 aliphatic carbocycles. The van der Waals surface area contributed by atoms with E-state index in [2.05, 4.69) is 16.9 Å². The highest BCUT2D eigenvalue weighted by Crippen LogP contribution is 2.35. The Morgan fingerprint density at radius 2 is 1.95 bits per heavy atom. The standard InChI is InChI=1S/C15H13ClN2O2S/c1-2-8-19-11-5-3-4-6-12(11)20-13-10-7-9-21-14(10)18-15(16)17-13/h3-7,9H,2,8H2,1H3. The zero-order valence-corrected chi connectivity index (χ0v) is 12.9. The van der Waals surface area contributed by atoms with Crippen LogP contribution in [0, 0.1) is 0 Å². The molecule has 3 aromatic rings. The first-order valence-electron chi connectivity index (χ1n) is 6.58. The molecule has 0 unspecified atom stereocenters. The van der Waals surface area contributed by atoms with E-state index in [1.165, 1.54) is 11.3 Å². The van der Waals surface area contributed by atoms with Crippen molar-refractivity contribution in [1.29, 1.82) is 0 Å². The molecule has 0 N–H and O–H groups in total. The van der Waals surface area contributed by atoms with Gasteiger partial charge in [-0.05, 0) is 41.6 Å². The first-order valence-corrected chi connectivity index (χ1v) is 7.84. The third kappa shape index (κ3) is 3.09. The molecule has 0 bridgehead atoms. The first kappa shape index (κ1) is 14.1. The summed E-state index contributed by atoms with van der Waals surface area (Å²) in [6.07, 6.45) is 0.933. The normalized spacial score (nSPS) is 10.8. The summed E-state index contributed by atoms with van der Waals surface area (Å²) in [7, 11) is 0. The Kier molecular flexibility index (Phi) is 4.22. The highest BCUT2D eigenvalue weighted by Gasteiger charge is 2.12. The van der Waals surface area contributed by atoms with Gasteiger partial charge in [0.15, 0.2) is 11.5 Å². The van der Waals surface area contributed by atoms with Gasteiger partial charge in [0, 0.05) is 0 Å². The third-order valence-electron chi connectivity index (χ3n) is 2.78. The average Bonchev–Trinajstić information content (AvgIpc) is 2.94. The number of benzene rings is 1. The van der Waals surface area contributed by atoms with Gasteiger partial charge in [-0.3, -0.25) is 0 Å². The van der Waals surface area contributed by atoms with Gasteiger partial charge in [-0.1, -0.05) is 19.1 Å². The van der Waals surface area contributed by atoms with Crippen molar-refractivity contribution in [2.24, 2.45) is 0 Å². The molecule has 21 heavy (non-hydrogen) atoms. The zero-order valence-electron chi connectivity index (χ0n) is 11.4. The fourth-order valence-corrected chi connectivity index (χ4v) is 2.82. The topological polar surface area (TPSA) is 44.2 Å². The van der Waals surface area contributed by atoms with Gasteiger partial charge in [0.1, 0.15) is 4.83 Å². The van der Waals surface area contributed by atoms with Gasteiger partial charge in [-0.25, -0.2) is 4.98 Å².